The van der Waals surface area contributed by atoms with E-state index in [4.69, 9.17) is 16.3 Å². The molecule has 0 radical (unpaired) electrons. The van der Waals surface area contributed by atoms with Crippen molar-refractivity contribution in [1.29, 1.82) is 0 Å². The Hall–Kier alpha value is -1.07. The van der Waals surface area contributed by atoms with Crippen molar-refractivity contribution in [1.82, 2.24) is 0 Å². The first-order valence-electron chi connectivity index (χ1n) is 5.32. The second-order valence-electron chi connectivity index (χ2n) is 3.71. The highest BCUT2D eigenvalue weighted by atomic mass is 127. The van der Waals surface area contributed by atoms with Crippen LogP contribution in [0.2, 0.25) is 5.02 Å². The molecule has 2 aromatic rings. The second kappa shape index (κ2) is 6.20. The fraction of sp³-hybridized carbons (Fsp3) is 0.0714. The number of hydrogen-bond acceptors (Lipinski definition) is 2. The van der Waals surface area contributed by atoms with E-state index in [1.54, 1.807) is 24.3 Å². The number of ether oxygens (including phenoxy) is 1. The largest absolute Gasteiger partial charge is 0.457 e. The summed E-state index contributed by atoms with van der Waals surface area (Å²) in [7, 11) is 0. The molecule has 0 heterocycles. The lowest BCUT2D eigenvalue weighted by Gasteiger charge is -2.05. The zero-order chi connectivity index (χ0) is 13.0. The van der Waals surface area contributed by atoms with Crippen LogP contribution < -0.4 is 0 Å². The molecule has 0 aromatic heterocycles. The average molecular weight is 373 g/mol. The highest BCUT2D eigenvalue weighted by molar-refractivity contribution is 14.1. The van der Waals surface area contributed by atoms with Crippen LogP contribution in [0.25, 0.3) is 0 Å². The molecule has 0 saturated heterocycles. The normalized spacial score (nSPS) is 10.1. The first kappa shape index (κ1) is 13.4. The highest BCUT2D eigenvalue weighted by Crippen LogP contribution is 2.13. The first-order chi connectivity index (χ1) is 8.65. The summed E-state index contributed by atoms with van der Waals surface area (Å²) in [5.74, 6) is -0.365. The Balaban J connectivity index is 1.98. The quantitative estimate of drug-likeness (QED) is 0.593. The summed E-state index contributed by atoms with van der Waals surface area (Å²) in [5, 5.41) is 0.527. The lowest BCUT2D eigenvalue weighted by atomic mass is 10.2. The van der Waals surface area contributed by atoms with Crippen LogP contribution in [-0.4, -0.2) is 5.97 Å². The third-order valence-electron chi connectivity index (χ3n) is 2.34. The van der Waals surface area contributed by atoms with E-state index in [0.717, 1.165) is 9.13 Å². The number of carbonyl (C=O) groups excluding carboxylic acids is 1. The first-order valence-corrected chi connectivity index (χ1v) is 6.78. The SMILES string of the molecule is O=C(OCc1ccc(I)cc1)c1cccc(Cl)c1. The van der Waals surface area contributed by atoms with E-state index in [1.807, 2.05) is 24.3 Å². The molecule has 0 saturated carbocycles. The number of esters is 1. The Morgan fingerprint density at radius 3 is 2.56 bits per heavy atom. The number of carbonyl (C=O) groups is 1. The standard InChI is InChI=1S/C14H10ClIO2/c15-12-3-1-2-11(8-12)14(17)18-9-10-4-6-13(16)7-5-10/h1-8H,9H2. The van der Waals surface area contributed by atoms with Crippen molar-refractivity contribution in [3.05, 3.63) is 68.3 Å². The predicted octanol–water partition coefficient (Wildman–Crippen LogP) is 4.30. The molecule has 2 nitrogen and oxygen atoms in total. The Bertz CT molecular complexity index is 552. The van der Waals surface area contributed by atoms with Crippen LogP contribution in [0, 0.1) is 3.57 Å². The van der Waals surface area contributed by atoms with Gasteiger partial charge < -0.3 is 4.74 Å². The van der Waals surface area contributed by atoms with Gasteiger partial charge in [-0.25, -0.2) is 4.79 Å². The third kappa shape index (κ3) is 3.71. The number of benzene rings is 2. The fourth-order valence-corrected chi connectivity index (χ4v) is 1.98. The molecule has 0 bridgehead atoms. The van der Waals surface area contributed by atoms with Crippen molar-refractivity contribution in [3.63, 3.8) is 0 Å². The lowest BCUT2D eigenvalue weighted by Crippen LogP contribution is -2.05. The van der Waals surface area contributed by atoms with Crippen LogP contribution in [0.1, 0.15) is 15.9 Å². The van der Waals surface area contributed by atoms with E-state index in [1.165, 1.54) is 0 Å². The van der Waals surface area contributed by atoms with Gasteiger partial charge >= 0.3 is 5.97 Å². The van der Waals surface area contributed by atoms with Gasteiger partial charge in [0, 0.05) is 8.59 Å². The molecule has 0 spiro atoms. The molecule has 0 fully saturated rings. The molecule has 0 amide bonds. The average Bonchev–Trinajstić information content (AvgIpc) is 2.38. The van der Waals surface area contributed by atoms with Crippen molar-refractivity contribution < 1.29 is 9.53 Å². The molecule has 0 N–H and O–H groups in total. The number of halogens is 2. The van der Waals surface area contributed by atoms with Gasteiger partial charge in [0.2, 0.25) is 0 Å². The van der Waals surface area contributed by atoms with Gasteiger partial charge in [0.05, 0.1) is 5.56 Å². The molecule has 18 heavy (non-hydrogen) atoms. The third-order valence-corrected chi connectivity index (χ3v) is 3.30. The summed E-state index contributed by atoms with van der Waals surface area (Å²) in [5.41, 5.74) is 1.43. The minimum Gasteiger partial charge on any atom is -0.457 e. The summed E-state index contributed by atoms with van der Waals surface area (Å²) in [4.78, 5) is 11.8. The summed E-state index contributed by atoms with van der Waals surface area (Å²) in [6.07, 6.45) is 0. The molecular formula is C14H10ClIO2. The summed E-state index contributed by atoms with van der Waals surface area (Å²) in [6, 6.07) is 14.5. The van der Waals surface area contributed by atoms with Crippen LogP contribution >= 0.6 is 34.2 Å². The number of hydrogen-bond donors (Lipinski definition) is 0. The van der Waals surface area contributed by atoms with Crippen LogP contribution in [-0.2, 0) is 11.3 Å². The minimum atomic E-state index is -0.365. The molecule has 0 aliphatic carbocycles. The monoisotopic (exact) mass is 372 g/mol. The Morgan fingerprint density at radius 2 is 1.89 bits per heavy atom. The molecule has 0 aliphatic rings. The molecule has 92 valence electrons. The highest BCUT2D eigenvalue weighted by Gasteiger charge is 2.07. The van der Waals surface area contributed by atoms with E-state index in [2.05, 4.69) is 22.6 Å². The molecule has 2 aromatic carbocycles. The molecule has 0 aliphatic heterocycles. The zero-order valence-electron chi connectivity index (χ0n) is 9.40. The molecule has 0 atom stereocenters. The number of rotatable bonds is 3. The summed E-state index contributed by atoms with van der Waals surface area (Å²) in [6.45, 7) is 0.266. The van der Waals surface area contributed by atoms with E-state index < -0.39 is 0 Å². The fourth-order valence-electron chi connectivity index (χ4n) is 1.43. The van der Waals surface area contributed by atoms with Gasteiger partial charge in [0.15, 0.2) is 0 Å². The van der Waals surface area contributed by atoms with Crippen molar-refractivity contribution in [3.8, 4) is 0 Å². The topological polar surface area (TPSA) is 26.3 Å². The molecule has 0 unspecified atom stereocenters. The van der Waals surface area contributed by atoms with E-state index >= 15 is 0 Å². The smallest absolute Gasteiger partial charge is 0.338 e. The van der Waals surface area contributed by atoms with Gasteiger partial charge in [0.1, 0.15) is 6.61 Å². The van der Waals surface area contributed by atoms with E-state index in [0.29, 0.717) is 10.6 Å². The van der Waals surface area contributed by atoms with Gasteiger partial charge in [-0.2, -0.15) is 0 Å². The zero-order valence-corrected chi connectivity index (χ0v) is 12.3. The van der Waals surface area contributed by atoms with Gasteiger partial charge in [0.25, 0.3) is 0 Å². The second-order valence-corrected chi connectivity index (χ2v) is 5.40. The van der Waals surface area contributed by atoms with Crippen molar-refractivity contribution in [2.75, 3.05) is 0 Å². The van der Waals surface area contributed by atoms with Gasteiger partial charge in [-0.3, -0.25) is 0 Å². The lowest BCUT2D eigenvalue weighted by molar-refractivity contribution is 0.0472. The van der Waals surface area contributed by atoms with Crippen LogP contribution in [0.4, 0.5) is 0 Å². The maximum atomic E-state index is 11.8. The minimum absolute atomic E-state index is 0.266. The Labute approximate surface area is 124 Å². The molecular weight excluding hydrogens is 363 g/mol. The summed E-state index contributed by atoms with van der Waals surface area (Å²) < 4.78 is 6.36. The van der Waals surface area contributed by atoms with Crippen LogP contribution in [0.3, 0.4) is 0 Å². The Kier molecular flexibility index (Phi) is 4.60. The van der Waals surface area contributed by atoms with Crippen LogP contribution in [0.5, 0.6) is 0 Å². The van der Waals surface area contributed by atoms with E-state index in [9.17, 15) is 4.79 Å². The molecule has 4 heteroatoms. The Morgan fingerprint density at radius 1 is 1.17 bits per heavy atom. The maximum absolute atomic E-state index is 11.8. The van der Waals surface area contributed by atoms with Crippen molar-refractivity contribution >= 4 is 40.2 Å². The van der Waals surface area contributed by atoms with E-state index in [-0.39, 0.29) is 12.6 Å². The van der Waals surface area contributed by atoms with Crippen molar-refractivity contribution in [2.45, 2.75) is 6.61 Å². The van der Waals surface area contributed by atoms with Crippen LogP contribution in [0.15, 0.2) is 48.5 Å². The maximum Gasteiger partial charge on any atom is 0.338 e. The molecule has 2 rings (SSSR count). The van der Waals surface area contributed by atoms with Gasteiger partial charge in [-0.15, -0.1) is 0 Å². The van der Waals surface area contributed by atoms with Gasteiger partial charge in [-0.05, 0) is 58.5 Å². The van der Waals surface area contributed by atoms with Gasteiger partial charge in [-0.1, -0.05) is 29.8 Å². The predicted molar refractivity (Wildman–Crippen MR) is 79.7 cm³/mol. The summed E-state index contributed by atoms with van der Waals surface area (Å²) >= 11 is 8.04. The van der Waals surface area contributed by atoms with Crippen molar-refractivity contribution in [2.24, 2.45) is 0 Å².